The highest BCUT2D eigenvalue weighted by Crippen LogP contribution is 2.40. The number of benzene rings is 2. The molecule has 0 spiro atoms. The highest BCUT2D eigenvalue weighted by molar-refractivity contribution is 7.99. The van der Waals surface area contributed by atoms with Crippen molar-refractivity contribution in [2.24, 2.45) is 5.18 Å². The molecule has 0 amide bonds. The maximum Gasteiger partial charge on any atom is 0.416 e. The molecule has 0 radical (unpaired) electrons. The first kappa shape index (κ1) is 29.7. The Bertz CT molecular complexity index is 1010. The summed E-state index contributed by atoms with van der Waals surface area (Å²) in [6.07, 6.45) is -22.7. The first-order valence-electron chi connectivity index (χ1n) is 9.40. The van der Waals surface area contributed by atoms with Crippen molar-refractivity contribution in [3.8, 4) is 0 Å². The van der Waals surface area contributed by atoms with Gasteiger partial charge in [0.25, 0.3) is 0 Å². The van der Waals surface area contributed by atoms with Gasteiger partial charge in [0, 0.05) is 11.5 Å². The van der Waals surface area contributed by atoms with Crippen molar-refractivity contribution in [1.82, 2.24) is 0 Å². The van der Waals surface area contributed by atoms with Crippen LogP contribution in [0.4, 0.5) is 52.7 Å². The zero-order valence-electron chi connectivity index (χ0n) is 17.3. The van der Waals surface area contributed by atoms with Gasteiger partial charge in [-0.2, -0.15) is 69.4 Å². The molecule has 1 N–H and O–H groups in total. The molecule has 0 aliphatic rings. The smallest absolute Gasteiger partial charge is 0.388 e. The van der Waals surface area contributed by atoms with Crippen LogP contribution in [0.25, 0.3) is 0 Å². The third kappa shape index (κ3) is 7.75. The van der Waals surface area contributed by atoms with Crippen LogP contribution in [0.5, 0.6) is 0 Å². The minimum atomic E-state index is -5.20. The average Bonchev–Trinajstić information content (AvgIpc) is 2.73. The average molecular weight is 559 g/mol. The normalized spacial score (nSPS) is 15.0. The second-order valence-corrected chi connectivity index (χ2v) is 8.43. The van der Waals surface area contributed by atoms with Crippen molar-refractivity contribution in [3.05, 3.63) is 74.7 Å². The van der Waals surface area contributed by atoms with E-state index in [0.717, 1.165) is 0 Å². The number of alkyl halides is 12. The SMILES string of the molecule is O=NC(CSCC(O)c1cc(C(F)(F)F)cc(C(F)(F)F)c1)c1cc(C(F)(F)F)cc(C(F)(F)F)c1. The van der Waals surface area contributed by atoms with Gasteiger partial charge < -0.3 is 5.11 Å². The Balaban J connectivity index is 2.27. The molecule has 16 heteroatoms. The monoisotopic (exact) mass is 559 g/mol. The highest BCUT2D eigenvalue weighted by Gasteiger charge is 2.39. The fourth-order valence-electron chi connectivity index (χ4n) is 2.92. The van der Waals surface area contributed by atoms with Gasteiger partial charge in [-0.15, -0.1) is 0 Å². The number of nitroso groups, excluding NO2 is 1. The first-order chi connectivity index (χ1) is 16.2. The van der Waals surface area contributed by atoms with E-state index in [1.54, 1.807) is 0 Å². The van der Waals surface area contributed by atoms with E-state index in [9.17, 15) is 62.7 Å². The molecule has 2 rings (SSSR count). The highest BCUT2D eigenvalue weighted by atomic mass is 32.2. The van der Waals surface area contributed by atoms with Crippen LogP contribution in [0.2, 0.25) is 0 Å². The number of thioether (sulfide) groups is 1. The minimum absolute atomic E-state index is 0.165. The van der Waals surface area contributed by atoms with Crippen LogP contribution in [-0.2, 0) is 24.7 Å². The van der Waals surface area contributed by atoms with E-state index < -0.39 is 81.7 Å². The zero-order chi connectivity index (χ0) is 27.7. The summed E-state index contributed by atoms with van der Waals surface area (Å²) in [5.74, 6) is -1.29. The lowest BCUT2D eigenvalue weighted by atomic mass is 10.0. The van der Waals surface area contributed by atoms with E-state index in [2.05, 4.69) is 5.18 Å². The van der Waals surface area contributed by atoms with Crippen LogP contribution < -0.4 is 0 Å². The van der Waals surface area contributed by atoms with Gasteiger partial charge in [-0.05, 0) is 47.5 Å². The fraction of sp³-hybridized carbons (Fsp3) is 0.400. The van der Waals surface area contributed by atoms with Crippen molar-refractivity contribution in [2.75, 3.05) is 11.5 Å². The third-order valence-corrected chi connectivity index (χ3v) is 5.77. The van der Waals surface area contributed by atoms with Crippen molar-refractivity contribution < 1.29 is 57.8 Å². The molecule has 0 aliphatic carbocycles. The summed E-state index contributed by atoms with van der Waals surface area (Å²) in [7, 11) is 0. The van der Waals surface area contributed by atoms with Gasteiger partial charge in [-0.3, -0.25) is 0 Å². The minimum Gasteiger partial charge on any atom is -0.388 e. The molecule has 0 fully saturated rings. The summed E-state index contributed by atoms with van der Waals surface area (Å²) in [5.41, 5.74) is -8.39. The number of hydrogen-bond donors (Lipinski definition) is 1. The lowest BCUT2D eigenvalue weighted by Crippen LogP contribution is -2.14. The van der Waals surface area contributed by atoms with Crippen LogP contribution in [0.15, 0.2) is 41.6 Å². The molecule has 0 saturated carbocycles. The zero-order valence-corrected chi connectivity index (χ0v) is 18.1. The summed E-state index contributed by atoms with van der Waals surface area (Å²) in [6, 6.07) is -1.09. The Labute approximate surface area is 198 Å². The van der Waals surface area contributed by atoms with Crippen molar-refractivity contribution >= 4 is 11.8 Å². The van der Waals surface area contributed by atoms with Crippen molar-refractivity contribution in [1.29, 1.82) is 0 Å². The standard InChI is InChI=1S/C20H13F12NO2S/c21-17(22,23)11-1-9(2-12(5-11)18(24,25)26)15(33-35)7-36-8-16(34)10-3-13(19(27,28)29)6-14(4-10)20(30,31)32/h1-6,15-16,34H,7-8H2. The Morgan fingerprint density at radius 2 is 0.944 bits per heavy atom. The predicted molar refractivity (Wildman–Crippen MR) is 104 cm³/mol. The second kappa shape index (κ2) is 10.5. The van der Waals surface area contributed by atoms with Crippen LogP contribution in [0.1, 0.15) is 45.5 Å². The summed E-state index contributed by atoms with van der Waals surface area (Å²) in [6.45, 7) is 0. The Morgan fingerprint density at radius 3 is 1.25 bits per heavy atom. The third-order valence-electron chi connectivity index (χ3n) is 4.67. The van der Waals surface area contributed by atoms with Gasteiger partial charge in [0.05, 0.1) is 28.4 Å². The van der Waals surface area contributed by atoms with Crippen LogP contribution in [0.3, 0.4) is 0 Å². The predicted octanol–water partition coefficient (Wildman–Crippen LogP) is 8.04. The number of hydrogen-bond acceptors (Lipinski definition) is 4. The Hall–Kier alpha value is -2.49. The topological polar surface area (TPSA) is 49.7 Å². The molecule has 0 aromatic heterocycles. The van der Waals surface area contributed by atoms with E-state index in [0.29, 0.717) is 11.8 Å². The molecule has 36 heavy (non-hydrogen) atoms. The quantitative estimate of drug-likeness (QED) is 0.276. The fourth-order valence-corrected chi connectivity index (χ4v) is 3.95. The molecule has 0 bridgehead atoms. The van der Waals surface area contributed by atoms with Crippen LogP contribution >= 0.6 is 11.8 Å². The van der Waals surface area contributed by atoms with Gasteiger partial charge in [-0.25, -0.2) is 0 Å². The Kier molecular flexibility index (Phi) is 8.65. The van der Waals surface area contributed by atoms with E-state index in [1.165, 1.54) is 0 Å². The van der Waals surface area contributed by atoms with Crippen LogP contribution in [0, 0.1) is 4.91 Å². The first-order valence-corrected chi connectivity index (χ1v) is 10.6. The number of halogens is 12. The second-order valence-electron chi connectivity index (χ2n) is 7.35. The Morgan fingerprint density at radius 1 is 0.611 bits per heavy atom. The largest absolute Gasteiger partial charge is 0.416 e. The number of aliphatic hydroxyl groups excluding tert-OH is 1. The number of aliphatic hydroxyl groups is 1. The van der Waals surface area contributed by atoms with Gasteiger partial charge in [-0.1, -0.05) is 5.18 Å². The molecule has 200 valence electrons. The van der Waals surface area contributed by atoms with Gasteiger partial charge >= 0.3 is 24.7 Å². The summed E-state index contributed by atoms with van der Waals surface area (Å²) in [5, 5.41) is 12.6. The molecular formula is C20H13F12NO2S. The van der Waals surface area contributed by atoms with Crippen molar-refractivity contribution in [2.45, 2.75) is 36.9 Å². The summed E-state index contributed by atoms with van der Waals surface area (Å²) in [4.78, 5) is 11.1. The lowest BCUT2D eigenvalue weighted by Gasteiger charge is -2.18. The van der Waals surface area contributed by atoms with Gasteiger partial charge in [0.1, 0.15) is 6.04 Å². The maximum atomic E-state index is 13.0. The molecule has 2 aromatic carbocycles. The lowest BCUT2D eigenvalue weighted by molar-refractivity contribution is -0.144. The van der Waals surface area contributed by atoms with Crippen LogP contribution in [-0.4, -0.2) is 16.6 Å². The summed E-state index contributed by atoms with van der Waals surface area (Å²) >= 11 is 0.468. The van der Waals surface area contributed by atoms with E-state index in [4.69, 9.17) is 0 Å². The summed E-state index contributed by atoms with van der Waals surface area (Å²) < 4.78 is 156. The number of nitrogens with zero attached hydrogens (tertiary/aromatic N) is 1. The molecule has 2 aromatic rings. The molecule has 3 nitrogen and oxygen atoms in total. The maximum absolute atomic E-state index is 13.0. The van der Waals surface area contributed by atoms with E-state index in [1.807, 2.05) is 0 Å². The van der Waals surface area contributed by atoms with E-state index >= 15 is 0 Å². The molecule has 0 heterocycles. The molecule has 0 saturated heterocycles. The molecular weight excluding hydrogens is 546 g/mol. The van der Waals surface area contributed by atoms with E-state index in [-0.39, 0.29) is 36.4 Å². The number of rotatable bonds is 7. The molecule has 2 unspecified atom stereocenters. The van der Waals surface area contributed by atoms with Crippen molar-refractivity contribution in [3.63, 3.8) is 0 Å². The van der Waals surface area contributed by atoms with Gasteiger partial charge in [0.2, 0.25) is 0 Å². The molecule has 2 atom stereocenters. The van der Waals surface area contributed by atoms with Gasteiger partial charge in [0.15, 0.2) is 0 Å². The molecule has 0 aliphatic heterocycles.